The van der Waals surface area contributed by atoms with Crippen molar-refractivity contribution in [2.75, 3.05) is 26.8 Å². The fourth-order valence-corrected chi connectivity index (χ4v) is 10.1. The third kappa shape index (κ3) is 3.23. The highest BCUT2D eigenvalue weighted by Gasteiger charge is 2.67. The van der Waals surface area contributed by atoms with Gasteiger partial charge in [-0.25, -0.2) is 0 Å². The van der Waals surface area contributed by atoms with Crippen molar-refractivity contribution in [3.8, 4) is 0 Å². The van der Waals surface area contributed by atoms with Crippen LogP contribution in [0.2, 0.25) is 0 Å². The second-order valence-corrected chi connectivity index (χ2v) is 14.5. The van der Waals surface area contributed by atoms with Crippen LogP contribution in [0.1, 0.15) is 76.7 Å². The number of hydrogen-bond acceptors (Lipinski definition) is 3. The van der Waals surface area contributed by atoms with Crippen molar-refractivity contribution in [1.29, 1.82) is 0 Å². The number of ether oxygens (including phenoxy) is 2. The van der Waals surface area contributed by atoms with Gasteiger partial charge in [-0.15, -0.1) is 0 Å². The Morgan fingerprint density at radius 2 is 1.95 bits per heavy atom. The Kier molecular flexibility index (Phi) is 5.03. The molecule has 0 amide bonds. The van der Waals surface area contributed by atoms with Crippen molar-refractivity contribution in [2.24, 2.45) is 16.7 Å². The largest absolute Gasteiger partial charge is 0.380 e. The Balaban J connectivity index is 1.10. The van der Waals surface area contributed by atoms with Gasteiger partial charge in [0, 0.05) is 30.6 Å². The first-order valence-electron chi connectivity index (χ1n) is 15.2. The zero-order chi connectivity index (χ0) is 25.8. The molecule has 2 saturated carbocycles. The average molecular weight is 512 g/mol. The highest BCUT2D eigenvalue weighted by atomic mass is 16.5. The molecule has 1 aromatic carbocycles. The molecule has 0 radical (unpaired) electrons. The van der Waals surface area contributed by atoms with Gasteiger partial charge in [0.25, 0.3) is 0 Å². The van der Waals surface area contributed by atoms with Gasteiger partial charge in [0.05, 0.1) is 49.5 Å². The predicted octanol–water partition coefficient (Wildman–Crippen LogP) is 5.40. The molecule has 8 rings (SSSR count). The topological polar surface area (TPSA) is 35.8 Å². The summed E-state index contributed by atoms with van der Waals surface area (Å²) in [6.45, 7) is 8.05. The van der Waals surface area contributed by atoms with E-state index in [1.807, 2.05) is 12.4 Å². The van der Waals surface area contributed by atoms with Crippen LogP contribution in [-0.2, 0) is 9.47 Å². The molecule has 3 aliphatic carbocycles. The highest BCUT2D eigenvalue weighted by Crippen LogP contribution is 2.69. The maximum absolute atomic E-state index is 7.58. The van der Waals surface area contributed by atoms with E-state index in [-0.39, 0.29) is 16.6 Å². The number of benzene rings is 1. The first-order valence-corrected chi connectivity index (χ1v) is 15.2. The number of aromatic nitrogens is 1. The summed E-state index contributed by atoms with van der Waals surface area (Å²) in [5, 5.41) is 2.56. The molecule has 2 saturated heterocycles. The number of allylic oxidation sites excluding steroid dienone is 1. The Hall–Kier alpha value is -2.01. The number of pyridine rings is 1. The summed E-state index contributed by atoms with van der Waals surface area (Å²) < 4.78 is 13.2. The quantitative estimate of drug-likeness (QED) is 0.597. The Morgan fingerprint density at radius 1 is 1.05 bits per heavy atom. The Labute approximate surface area is 227 Å². The van der Waals surface area contributed by atoms with Crippen LogP contribution >= 0.6 is 0 Å². The average Bonchev–Trinajstić information content (AvgIpc) is 3.42. The summed E-state index contributed by atoms with van der Waals surface area (Å²) in [6, 6.07) is 9.93. The fourth-order valence-electron chi connectivity index (χ4n) is 10.1. The van der Waals surface area contributed by atoms with Crippen LogP contribution in [-0.4, -0.2) is 49.0 Å². The monoisotopic (exact) mass is 511 g/mol. The van der Waals surface area contributed by atoms with Crippen molar-refractivity contribution in [3.63, 3.8) is 0 Å². The van der Waals surface area contributed by atoms with Crippen molar-refractivity contribution < 1.29 is 14.4 Å². The number of rotatable bonds is 4. The second-order valence-electron chi connectivity index (χ2n) is 14.5. The predicted molar refractivity (Wildman–Crippen MR) is 150 cm³/mol. The molecule has 2 spiro atoms. The van der Waals surface area contributed by atoms with Crippen LogP contribution in [0, 0.1) is 16.7 Å². The number of nitrogens with zero attached hydrogens (tertiary/aromatic N) is 1. The third-order valence-electron chi connectivity index (χ3n) is 12.1. The van der Waals surface area contributed by atoms with E-state index in [2.05, 4.69) is 62.3 Å². The lowest BCUT2D eigenvalue weighted by molar-refractivity contribution is -0.916. The highest BCUT2D eigenvalue weighted by molar-refractivity contribution is 5.82. The van der Waals surface area contributed by atoms with Crippen LogP contribution in [0.5, 0.6) is 0 Å². The summed E-state index contributed by atoms with van der Waals surface area (Å²) in [4.78, 5) is 6.09. The van der Waals surface area contributed by atoms with Crippen LogP contribution in [0.3, 0.4) is 0 Å². The fraction of sp³-hybridized carbons (Fsp3) is 0.618. The SMILES string of the molecule is C[NH+](CC1(C)COC1)C1CCC2=CC3=CCC4(C)C(c5ccc6ccncc6c5)CC[C@H]4[C@@]34CC[C@]2(C1)O4. The molecular formula is C34H43N2O2+. The number of fused-ring (bicyclic) bond motifs is 2. The van der Waals surface area contributed by atoms with Crippen LogP contribution in [0.4, 0.5) is 0 Å². The normalized spacial score (nSPS) is 41.4. The summed E-state index contributed by atoms with van der Waals surface area (Å²) in [6.07, 6.45) is 19.0. The van der Waals surface area contributed by atoms with Crippen molar-refractivity contribution in [2.45, 2.75) is 88.4 Å². The Morgan fingerprint density at radius 3 is 2.79 bits per heavy atom. The maximum atomic E-state index is 7.58. The molecule has 4 nitrogen and oxygen atoms in total. The maximum Gasteiger partial charge on any atom is 0.0975 e. The van der Waals surface area contributed by atoms with E-state index in [4.69, 9.17) is 9.47 Å². The van der Waals surface area contributed by atoms with Gasteiger partial charge >= 0.3 is 0 Å². The zero-order valence-electron chi connectivity index (χ0n) is 23.4. The lowest BCUT2D eigenvalue weighted by Gasteiger charge is -2.54. The molecule has 2 bridgehead atoms. The van der Waals surface area contributed by atoms with E-state index in [0.717, 1.165) is 13.2 Å². The molecule has 6 aliphatic rings. The molecule has 4 unspecified atom stereocenters. The number of nitrogens with one attached hydrogen (secondary N) is 1. The molecule has 2 aromatic rings. The smallest absolute Gasteiger partial charge is 0.0975 e. The van der Waals surface area contributed by atoms with Crippen LogP contribution in [0.25, 0.3) is 10.8 Å². The van der Waals surface area contributed by atoms with E-state index < -0.39 is 0 Å². The lowest BCUT2D eigenvalue weighted by Crippen LogP contribution is -3.15. The van der Waals surface area contributed by atoms with Gasteiger partial charge in [-0.2, -0.15) is 0 Å². The van der Waals surface area contributed by atoms with E-state index in [9.17, 15) is 0 Å². The van der Waals surface area contributed by atoms with Crippen molar-refractivity contribution >= 4 is 10.8 Å². The van der Waals surface area contributed by atoms with Gasteiger partial charge in [-0.05, 0) is 96.9 Å². The van der Waals surface area contributed by atoms with Crippen molar-refractivity contribution in [3.05, 3.63) is 65.5 Å². The van der Waals surface area contributed by atoms with Gasteiger partial charge in [-0.3, -0.25) is 4.98 Å². The minimum Gasteiger partial charge on any atom is -0.380 e. The standard InChI is InChI=1S/C34H42N2O2/c1-31(21-37-22-31)20-36(3)28-7-6-26-17-27-10-12-32(2)29(24-5-4-23-11-15-35-19-25(23)16-24)8-9-30(32)34(27)14-13-33(26,18-28)38-34/h4-5,10-11,15-17,19,28-30H,6-9,12-14,18,20-22H2,1-3H3/p+1/t28?,29?,30-,32?,33-,34-/m1/s1. The molecule has 4 fully saturated rings. The van der Waals surface area contributed by atoms with Crippen LogP contribution < -0.4 is 4.90 Å². The lowest BCUT2D eigenvalue weighted by atomic mass is 9.58. The first kappa shape index (κ1) is 23.8. The van der Waals surface area contributed by atoms with Crippen LogP contribution in [0.15, 0.2) is 60.0 Å². The Bertz CT molecular complexity index is 1360. The molecule has 7 atom stereocenters. The van der Waals surface area contributed by atoms with E-state index in [1.54, 1.807) is 10.5 Å². The zero-order valence-corrected chi connectivity index (χ0v) is 23.4. The summed E-state index contributed by atoms with van der Waals surface area (Å²) in [7, 11) is 2.43. The van der Waals surface area contributed by atoms with Gasteiger partial charge in [0.15, 0.2) is 0 Å². The van der Waals surface area contributed by atoms with E-state index >= 15 is 0 Å². The van der Waals surface area contributed by atoms with E-state index in [0.29, 0.717) is 23.3 Å². The summed E-state index contributed by atoms with van der Waals surface area (Å²) in [5.74, 6) is 1.17. The molecule has 4 heteroatoms. The van der Waals surface area contributed by atoms with Gasteiger partial charge < -0.3 is 14.4 Å². The number of quaternary nitrogens is 1. The second kappa shape index (κ2) is 8.02. The first-order chi connectivity index (χ1) is 18.3. The molecule has 1 N–H and O–H groups in total. The molecule has 38 heavy (non-hydrogen) atoms. The van der Waals surface area contributed by atoms with Crippen molar-refractivity contribution in [1.82, 2.24) is 4.98 Å². The number of hydrogen-bond donors (Lipinski definition) is 1. The minimum atomic E-state index is -0.0762. The molecular weight excluding hydrogens is 468 g/mol. The van der Waals surface area contributed by atoms with Gasteiger partial charge in [0.2, 0.25) is 0 Å². The van der Waals surface area contributed by atoms with Gasteiger partial charge in [0.1, 0.15) is 0 Å². The molecule has 200 valence electrons. The van der Waals surface area contributed by atoms with Gasteiger partial charge in [-0.1, -0.05) is 31.2 Å². The summed E-state index contributed by atoms with van der Waals surface area (Å²) in [5.41, 5.74) is 5.15. The molecule has 4 heterocycles. The molecule has 3 aliphatic heterocycles. The summed E-state index contributed by atoms with van der Waals surface area (Å²) >= 11 is 0. The molecule has 1 aromatic heterocycles. The minimum absolute atomic E-state index is 0.0243. The third-order valence-corrected chi connectivity index (χ3v) is 12.1. The van der Waals surface area contributed by atoms with E-state index in [1.165, 1.54) is 79.8 Å².